The van der Waals surface area contributed by atoms with Gasteiger partial charge in [-0.25, -0.2) is 0 Å². The van der Waals surface area contributed by atoms with Crippen LogP contribution in [0.5, 0.6) is 0 Å². The first kappa shape index (κ1) is 9.88. The van der Waals surface area contributed by atoms with Crippen LogP contribution in [0.25, 0.3) is 0 Å². The van der Waals surface area contributed by atoms with E-state index in [9.17, 15) is 0 Å². The zero-order chi connectivity index (χ0) is 9.31. The van der Waals surface area contributed by atoms with Crippen molar-refractivity contribution < 1.29 is 7.58 Å². The fourth-order valence-electron chi connectivity index (χ4n) is 2.17. The summed E-state index contributed by atoms with van der Waals surface area (Å²) < 4.78 is 11.3. The molecule has 2 fully saturated rings. The molecule has 0 bridgehead atoms. The molecule has 0 radical (unpaired) electrons. The summed E-state index contributed by atoms with van der Waals surface area (Å²) in [4.78, 5) is 2.16. The first-order valence-corrected chi connectivity index (χ1v) is 7.58. The Kier molecular flexibility index (Phi) is 2.92. The molecule has 2 atom stereocenters. The minimum atomic E-state index is -1.97. The standard InChI is InChI=1S/C6H9O2.CN.CH2.2Al/c7-5-3-1-2-4-6(5)8;1-2;;;/h5H,1-4H2;;1H2;;/q-2;;;;+2/t5-;;;;/m0..../s1. The molecule has 0 aromatic carbocycles. The van der Waals surface area contributed by atoms with Gasteiger partial charge in [-0.3, -0.25) is 0 Å². The third kappa shape index (κ3) is 1.64. The van der Waals surface area contributed by atoms with Crippen LogP contribution in [-0.4, -0.2) is 45.5 Å². The van der Waals surface area contributed by atoms with Gasteiger partial charge in [0.1, 0.15) is 0 Å². The second-order valence-corrected chi connectivity index (χ2v) is 6.42. The summed E-state index contributed by atoms with van der Waals surface area (Å²) in [7, 11) is 0. The maximum atomic E-state index is 8.77. The summed E-state index contributed by atoms with van der Waals surface area (Å²) in [5.74, 6) is 0. The fraction of sp³-hybridized carbons (Fsp3) is 0.750. The molecule has 13 heavy (non-hydrogen) atoms. The Morgan fingerprint density at radius 3 is 3.08 bits per heavy atom. The predicted molar refractivity (Wildman–Crippen MR) is 51.4 cm³/mol. The molecule has 2 rings (SSSR count). The van der Waals surface area contributed by atoms with E-state index in [1.807, 2.05) is 0 Å². The number of hydrogen-bond acceptors (Lipinski definition) is 3. The van der Waals surface area contributed by atoms with Crippen molar-refractivity contribution in [2.45, 2.75) is 36.3 Å². The topological polar surface area (TPSA) is 42.2 Å². The van der Waals surface area contributed by atoms with Crippen LogP contribution >= 0.6 is 0 Å². The molecule has 1 aliphatic heterocycles. The molecule has 1 aliphatic carbocycles. The van der Waals surface area contributed by atoms with Gasteiger partial charge in [-0.2, -0.15) is 0 Å². The van der Waals surface area contributed by atoms with Gasteiger partial charge in [0.2, 0.25) is 0 Å². The van der Waals surface area contributed by atoms with Crippen LogP contribution in [0.15, 0.2) is 0 Å². The average molecular weight is 207 g/mol. The molecule has 3 nitrogen and oxygen atoms in total. The van der Waals surface area contributed by atoms with Gasteiger partial charge in [0.25, 0.3) is 0 Å². The number of rotatable bonds is 1. The van der Waals surface area contributed by atoms with Crippen molar-refractivity contribution in [2.75, 3.05) is 0 Å². The molecule has 66 valence electrons. The molecular weight excluding hydrogens is 196 g/mol. The first-order valence-electron chi connectivity index (χ1n) is 4.67. The molecule has 1 heterocycles. The Bertz CT molecular complexity index is 265. The van der Waals surface area contributed by atoms with Crippen LogP contribution < -0.4 is 0 Å². The summed E-state index contributed by atoms with van der Waals surface area (Å²) in [5, 5.41) is 12.8. The summed E-state index contributed by atoms with van der Waals surface area (Å²) in [5.41, 5.74) is 0. The number of fused-ring (bicyclic) bond motifs is 1. The van der Waals surface area contributed by atoms with Crippen molar-refractivity contribution in [3.05, 3.63) is 0 Å². The van der Waals surface area contributed by atoms with Gasteiger partial charge >= 0.3 is 89.0 Å². The monoisotopic (exact) mass is 207 g/mol. The molecule has 2 aliphatic rings. The zero-order valence-electron chi connectivity index (χ0n) is 7.53. The number of hydrogen-bond donors (Lipinski definition) is 0. The summed E-state index contributed by atoms with van der Waals surface area (Å²) >= 11 is -1.96. The van der Waals surface area contributed by atoms with Crippen molar-refractivity contribution in [3.8, 4) is 4.93 Å². The van der Waals surface area contributed by atoms with Crippen LogP contribution in [0.4, 0.5) is 0 Å². The Labute approximate surface area is 88.9 Å². The van der Waals surface area contributed by atoms with E-state index in [4.69, 9.17) is 12.8 Å². The predicted octanol–water partition coefficient (Wildman–Crippen LogP) is 0.359. The van der Waals surface area contributed by atoms with E-state index in [1.165, 1.54) is 12.8 Å². The summed E-state index contributed by atoms with van der Waals surface area (Å²) in [6.07, 6.45) is 4.73. The van der Waals surface area contributed by atoms with E-state index in [0.717, 1.165) is 12.8 Å². The van der Waals surface area contributed by atoms with Crippen molar-refractivity contribution in [1.29, 1.82) is 5.26 Å². The van der Waals surface area contributed by atoms with Crippen LogP contribution in [0.3, 0.4) is 0 Å². The van der Waals surface area contributed by atoms with Gasteiger partial charge in [0.15, 0.2) is 0 Å². The molecular formula is C8H11Al2NO2. The Hall–Kier alpha value is 0.345. The third-order valence-corrected chi connectivity index (χ3v) is 6.09. The molecule has 1 saturated carbocycles. The molecule has 0 unspecified atom stereocenters. The number of nitrogens with zero attached hydrogens (tertiary/aromatic N) is 1. The zero-order valence-corrected chi connectivity index (χ0v) is 9.84. The van der Waals surface area contributed by atoms with E-state index in [1.54, 1.807) is 0 Å². The summed E-state index contributed by atoms with van der Waals surface area (Å²) in [6, 6.07) is 0. The maximum absolute atomic E-state index is 8.77. The van der Waals surface area contributed by atoms with Crippen molar-refractivity contribution in [3.63, 3.8) is 0 Å². The SMILES string of the molecule is [CH2]=[Al][C@@]12CCCC[C@@H]1[O][Al]([C]#N)[O]2. The molecule has 1 saturated heterocycles. The Balaban J connectivity index is 2.20. The van der Waals surface area contributed by atoms with Crippen LogP contribution in [-0.2, 0) is 7.58 Å². The van der Waals surface area contributed by atoms with Gasteiger partial charge in [0, 0.05) is 0 Å². The van der Waals surface area contributed by atoms with Gasteiger partial charge in [0.05, 0.1) is 0 Å². The average Bonchev–Trinajstić information content (AvgIpc) is 2.56. The van der Waals surface area contributed by atoms with Crippen LogP contribution in [0.2, 0.25) is 0 Å². The van der Waals surface area contributed by atoms with Crippen molar-refractivity contribution in [1.82, 2.24) is 0 Å². The molecule has 5 heteroatoms. The summed E-state index contributed by atoms with van der Waals surface area (Å²) in [6.45, 7) is 0. The molecule has 0 N–H and O–H groups in total. The van der Waals surface area contributed by atoms with Gasteiger partial charge in [-0.05, 0) is 0 Å². The molecule has 0 amide bonds. The first-order chi connectivity index (χ1) is 6.30. The Morgan fingerprint density at radius 2 is 2.46 bits per heavy atom. The Morgan fingerprint density at radius 1 is 1.62 bits per heavy atom. The van der Waals surface area contributed by atoms with Crippen LogP contribution in [0.1, 0.15) is 25.7 Å². The van der Waals surface area contributed by atoms with E-state index in [2.05, 4.69) is 10.3 Å². The van der Waals surface area contributed by atoms with Gasteiger partial charge in [-0.15, -0.1) is 0 Å². The van der Waals surface area contributed by atoms with Gasteiger partial charge in [-0.1, -0.05) is 0 Å². The van der Waals surface area contributed by atoms with E-state index in [0.29, 0.717) is 0 Å². The van der Waals surface area contributed by atoms with Crippen molar-refractivity contribution >= 4 is 35.0 Å². The normalized spacial score (nSPS) is 37.8. The van der Waals surface area contributed by atoms with Crippen molar-refractivity contribution in [2.24, 2.45) is 0 Å². The second kappa shape index (κ2) is 3.84. The van der Waals surface area contributed by atoms with E-state index < -0.39 is 14.8 Å². The van der Waals surface area contributed by atoms with Gasteiger partial charge < -0.3 is 0 Å². The van der Waals surface area contributed by atoms with Crippen LogP contribution in [0, 0.1) is 10.2 Å². The molecule has 0 spiro atoms. The second-order valence-electron chi connectivity index (χ2n) is 3.61. The third-order valence-electron chi connectivity index (χ3n) is 2.89. The minimum absolute atomic E-state index is 0.00856. The fourth-order valence-corrected chi connectivity index (χ4v) is 5.50. The van der Waals surface area contributed by atoms with E-state index >= 15 is 0 Å². The molecule has 0 aromatic heterocycles. The van der Waals surface area contributed by atoms with E-state index in [-0.39, 0.29) is 25.3 Å². The quantitative estimate of drug-likeness (QED) is 0.583. The number of nitriles is 1. The molecule has 0 aromatic rings.